The number of aromatic nitrogens is 1. The Bertz CT molecular complexity index is 645. The molecule has 19 heavy (non-hydrogen) atoms. The molecular weight excluding hydrogens is 287 g/mol. The molecule has 98 valence electrons. The summed E-state index contributed by atoms with van der Waals surface area (Å²) in [6.45, 7) is 1.80. The number of pyridine rings is 1. The van der Waals surface area contributed by atoms with E-state index in [4.69, 9.17) is 23.2 Å². The topological polar surface area (TPSA) is 62.2 Å². The summed E-state index contributed by atoms with van der Waals surface area (Å²) in [5.41, 5.74) is 1.22. The molecule has 0 saturated carbocycles. The highest BCUT2D eigenvalue weighted by atomic mass is 35.5. The van der Waals surface area contributed by atoms with E-state index >= 15 is 0 Å². The lowest BCUT2D eigenvalue weighted by Gasteiger charge is -2.11. The lowest BCUT2D eigenvalue weighted by atomic mass is 10.2. The van der Waals surface area contributed by atoms with Gasteiger partial charge in [-0.05, 0) is 24.6 Å². The number of hydrogen-bond donors (Lipinski definition) is 2. The monoisotopic (exact) mass is 296 g/mol. The second kappa shape index (κ2) is 5.47. The van der Waals surface area contributed by atoms with E-state index in [1.165, 1.54) is 18.5 Å². The van der Waals surface area contributed by atoms with Crippen molar-refractivity contribution in [1.29, 1.82) is 0 Å². The average molecular weight is 297 g/mol. The number of aryl methyl sites for hydroxylation is 1. The van der Waals surface area contributed by atoms with Crippen LogP contribution < -0.4 is 5.32 Å². The smallest absolute Gasteiger partial charge is 0.259 e. The van der Waals surface area contributed by atoms with E-state index in [0.717, 1.165) is 5.56 Å². The number of carbonyl (C=O) groups excluding carboxylic acids is 1. The van der Waals surface area contributed by atoms with Crippen molar-refractivity contribution in [2.24, 2.45) is 0 Å². The number of benzene rings is 1. The van der Waals surface area contributed by atoms with Gasteiger partial charge < -0.3 is 10.4 Å². The Morgan fingerprint density at radius 3 is 2.74 bits per heavy atom. The van der Waals surface area contributed by atoms with Gasteiger partial charge >= 0.3 is 0 Å². The summed E-state index contributed by atoms with van der Waals surface area (Å²) < 4.78 is 0. The van der Waals surface area contributed by atoms with Crippen LogP contribution in [0.5, 0.6) is 5.75 Å². The van der Waals surface area contributed by atoms with Gasteiger partial charge in [-0.25, -0.2) is 0 Å². The number of carbonyl (C=O) groups is 1. The lowest BCUT2D eigenvalue weighted by Crippen LogP contribution is -2.13. The minimum atomic E-state index is -0.505. The molecule has 0 radical (unpaired) electrons. The van der Waals surface area contributed by atoms with Crippen LogP contribution in [0.15, 0.2) is 30.6 Å². The van der Waals surface area contributed by atoms with Gasteiger partial charge in [0.15, 0.2) is 0 Å². The summed E-state index contributed by atoms with van der Waals surface area (Å²) in [5, 5.41) is 12.8. The fourth-order valence-electron chi connectivity index (χ4n) is 1.53. The van der Waals surface area contributed by atoms with E-state index < -0.39 is 5.91 Å². The fourth-order valence-corrected chi connectivity index (χ4v) is 2.00. The van der Waals surface area contributed by atoms with Crippen LogP contribution in [0.4, 0.5) is 5.69 Å². The second-order valence-corrected chi connectivity index (χ2v) is 4.69. The maximum Gasteiger partial charge on any atom is 0.259 e. The molecule has 0 saturated heterocycles. The van der Waals surface area contributed by atoms with Gasteiger partial charge in [-0.3, -0.25) is 9.78 Å². The number of hydrogen-bond acceptors (Lipinski definition) is 3. The summed E-state index contributed by atoms with van der Waals surface area (Å²) in [6.07, 6.45) is 2.60. The number of nitrogens with zero attached hydrogens (tertiary/aromatic N) is 1. The van der Waals surface area contributed by atoms with Crippen molar-refractivity contribution in [3.05, 3.63) is 51.8 Å². The SMILES string of the molecule is Cc1ccc(Cl)c(NC(=O)c2ccncc2O)c1Cl. The Kier molecular flexibility index (Phi) is 3.93. The molecule has 0 unspecified atom stereocenters. The Morgan fingerprint density at radius 2 is 2.05 bits per heavy atom. The molecule has 0 atom stereocenters. The summed E-state index contributed by atoms with van der Waals surface area (Å²) in [7, 11) is 0. The molecule has 0 bridgehead atoms. The maximum absolute atomic E-state index is 12.0. The number of aromatic hydroxyl groups is 1. The molecule has 2 rings (SSSR count). The summed E-state index contributed by atoms with van der Waals surface area (Å²) in [5.74, 6) is -0.714. The molecule has 6 heteroatoms. The van der Waals surface area contributed by atoms with E-state index in [1.54, 1.807) is 19.1 Å². The van der Waals surface area contributed by atoms with Crippen LogP contribution in [-0.2, 0) is 0 Å². The third-order valence-corrected chi connectivity index (χ3v) is 3.37. The zero-order valence-electron chi connectivity index (χ0n) is 9.95. The van der Waals surface area contributed by atoms with E-state index in [9.17, 15) is 9.90 Å². The number of nitrogens with one attached hydrogen (secondary N) is 1. The van der Waals surface area contributed by atoms with Crippen molar-refractivity contribution in [2.45, 2.75) is 6.92 Å². The average Bonchev–Trinajstić information content (AvgIpc) is 2.39. The largest absolute Gasteiger partial charge is 0.505 e. The Hall–Kier alpha value is -1.78. The molecule has 0 aliphatic rings. The van der Waals surface area contributed by atoms with E-state index in [0.29, 0.717) is 15.7 Å². The fraction of sp³-hybridized carbons (Fsp3) is 0.0769. The second-order valence-electron chi connectivity index (χ2n) is 3.90. The number of amides is 1. The molecule has 0 aliphatic heterocycles. The Balaban J connectivity index is 2.35. The van der Waals surface area contributed by atoms with Gasteiger partial charge in [0, 0.05) is 6.20 Å². The van der Waals surface area contributed by atoms with E-state index in [2.05, 4.69) is 10.3 Å². The van der Waals surface area contributed by atoms with Crippen molar-refractivity contribution in [1.82, 2.24) is 4.98 Å². The summed E-state index contributed by atoms with van der Waals surface area (Å²) >= 11 is 12.1. The molecule has 1 aromatic carbocycles. The minimum Gasteiger partial charge on any atom is -0.505 e. The first-order valence-corrected chi connectivity index (χ1v) is 6.15. The van der Waals surface area contributed by atoms with Gasteiger partial charge in [-0.15, -0.1) is 0 Å². The number of rotatable bonds is 2. The molecule has 2 N–H and O–H groups in total. The van der Waals surface area contributed by atoms with E-state index in [-0.39, 0.29) is 11.3 Å². The Labute approximate surface area is 120 Å². The third-order valence-electron chi connectivity index (χ3n) is 2.57. The molecule has 1 aromatic heterocycles. The van der Waals surface area contributed by atoms with Crippen LogP contribution in [0.25, 0.3) is 0 Å². The molecule has 4 nitrogen and oxygen atoms in total. The van der Waals surface area contributed by atoms with Crippen LogP contribution in [0.1, 0.15) is 15.9 Å². The Morgan fingerprint density at radius 1 is 1.32 bits per heavy atom. The van der Waals surface area contributed by atoms with Gasteiger partial charge in [-0.2, -0.15) is 0 Å². The number of anilines is 1. The van der Waals surface area contributed by atoms with Crippen molar-refractivity contribution in [3.8, 4) is 5.75 Å². The zero-order valence-corrected chi connectivity index (χ0v) is 11.5. The highest BCUT2D eigenvalue weighted by Crippen LogP contribution is 2.33. The predicted octanol–water partition coefficient (Wildman–Crippen LogP) is 3.65. The molecule has 0 spiro atoms. The molecule has 0 aliphatic carbocycles. The van der Waals surface area contributed by atoms with Crippen molar-refractivity contribution in [3.63, 3.8) is 0 Å². The summed E-state index contributed by atoms with van der Waals surface area (Å²) in [6, 6.07) is 4.80. The van der Waals surface area contributed by atoms with Crippen LogP contribution >= 0.6 is 23.2 Å². The molecule has 2 aromatic rings. The van der Waals surface area contributed by atoms with Gasteiger partial charge in [0.1, 0.15) is 5.75 Å². The first-order valence-electron chi connectivity index (χ1n) is 5.39. The summed E-state index contributed by atoms with van der Waals surface area (Å²) in [4.78, 5) is 15.7. The quantitative estimate of drug-likeness (QED) is 0.889. The normalized spacial score (nSPS) is 10.3. The van der Waals surface area contributed by atoms with Gasteiger partial charge in [0.2, 0.25) is 0 Å². The number of halogens is 2. The highest BCUT2D eigenvalue weighted by molar-refractivity contribution is 6.40. The predicted molar refractivity (Wildman–Crippen MR) is 75.1 cm³/mol. The van der Waals surface area contributed by atoms with Gasteiger partial charge in [0.25, 0.3) is 5.91 Å². The molecular formula is C13H10Cl2N2O2. The van der Waals surface area contributed by atoms with Crippen LogP contribution in [0.2, 0.25) is 10.0 Å². The zero-order chi connectivity index (χ0) is 14.0. The molecule has 1 amide bonds. The van der Waals surface area contributed by atoms with Gasteiger partial charge in [-0.1, -0.05) is 29.3 Å². The first-order chi connectivity index (χ1) is 9.00. The maximum atomic E-state index is 12.0. The standard InChI is InChI=1S/C13H10Cl2N2O2/c1-7-2-3-9(14)12(11(7)15)17-13(19)8-4-5-16-6-10(8)18/h2-6,18H,1H3,(H,17,19). The van der Waals surface area contributed by atoms with Crippen molar-refractivity contribution < 1.29 is 9.90 Å². The van der Waals surface area contributed by atoms with E-state index in [1.807, 2.05) is 0 Å². The van der Waals surface area contributed by atoms with Crippen LogP contribution in [0, 0.1) is 6.92 Å². The van der Waals surface area contributed by atoms with Gasteiger partial charge in [0.05, 0.1) is 27.5 Å². The molecule has 1 heterocycles. The van der Waals surface area contributed by atoms with Crippen LogP contribution in [-0.4, -0.2) is 16.0 Å². The third kappa shape index (κ3) is 2.80. The highest BCUT2D eigenvalue weighted by Gasteiger charge is 2.15. The van der Waals surface area contributed by atoms with Crippen LogP contribution in [0.3, 0.4) is 0 Å². The lowest BCUT2D eigenvalue weighted by molar-refractivity contribution is 0.102. The molecule has 0 fully saturated rings. The first kappa shape index (κ1) is 13.6. The minimum absolute atomic E-state index is 0.101. The van der Waals surface area contributed by atoms with Crippen molar-refractivity contribution in [2.75, 3.05) is 5.32 Å². The van der Waals surface area contributed by atoms with Crippen molar-refractivity contribution >= 4 is 34.8 Å².